The summed E-state index contributed by atoms with van der Waals surface area (Å²) in [7, 11) is 1.70. The lowest BCUT2D eigenvalue weighted by Gasteiger charge is -2.43. The zero-order chi connectivity index (χ0) is 22.8. The average Bonchev–Trinajstić information content (AvgIpc) is 2.84. The summed E-state index contributed by atoms with van der Waals surface area (Å²) in [5, 5.41) is 0. The Kier molecular flexibility index (Phi) is 5.97. The molecule has 3 aromatic rings. The highest BCUT2D eigenvalue weighted by Crippen LogP contribution is 2.36. The van der Waals surface area contributed by atoms with Crippen molar-refractivity contribution in [2.45, 2.75) is 25.4 Å². The van der Waals surface area contributed by atoms with Gasteiger partial charge in [-0.05, 0) is 42.2 Å². The minimum absolute atomic E-state index is 0.00858. The molecule has 2 aromatic carbocycles. The standard InChI is InChI=1S/C28H28N2O3/c1-33-27-13-11-20(10-12-26(31)22-6-3-2-4-7-22)14-24(27)19-29-16-21-15-23(18-29)25-8-5-9-28(32)30(25)17-21/h2-14,21,23H,15-19H2,1H3/b12-10+/t21?,23-/m0/s1. The lowest BCUT2D eigenvalue weighted by atomic mass is 9.83. The van der Waals surface area contributed by atoms with Crippen LogP contribution in [0.3, 0.4) is 0 Å². The van der Waals surface area contributed by atoms with Crippen molar-refractivity contribution in [1.82, 2.24) is 9.47 Å². The van der Waals surface area contributed by atoms with Crippen molar-refractivity contribution in [2.75, 3.05) is 20.2 Å². The SMILES string of the molecule is COc1ccc(/C=C/C(=O)c2ccccc2)cc1CN1CC2C[C@@H](C1)c1cccc(=O)n1C2. The molecule has 5 rings (SSSR count). The van der Waals surface area contributed by atoms with Crippen molar-refractivity contribution >= 4 is 11.9 Å². The Hall–Kier alpha value is -3.44. The molecule has 5 nitrogen and oxygen atoms in total. The van der Waals surface area contributed by atoms with Gasteiger partial charge in [0.1, 0.15) is 5.75 Å². The average molecular weight is 441 g/mol. The topological polar surface area (TPSA) is 51.5 Å². The molecule has 1 unspecified atom stereocenters. The molecule has 1 fully saturated rings. The third-order valence-corrected chi connectivity index (χ3v) is 6.74. The fourth-order valence-corrected chi connectivity index (χ4v) is 5.26. The Morgan fingerprint density at radius 2 is 1.88 bits per heavy atom. The van der Waals surface area contributed by atoms with E-state index in [0.29, 0.717) is 17.4 Å². The molecule has 2 aliphatic heterocycles. The van der Waals surface area contributed by atoms with Crippen molar-refractivity contribution < 1.29 is 9.53 Å². The van der Waals surface area contributed by atoms with Crippen LogP contribution in [0.15, 0.2) is 77.6 Å². The summed E-state index contributed by atoms with van der Waals surface area (Å²) in [6.07, 6.45) is 4.63. The quantitative estimate of drug-likeness (QED) is 0.422. The second-order valence-corrected chi connectivity index (χ2v) is 9.03. The molecule has 1 saturated heterocycles. The largest absolute Gasteiger partial charge is 0.496 e. The Balaban J connectivity index is 1.34. The zero-order valence-corrected chi connectivity index (χ0v) is 18.8. The summed E-state index contributed by atoms with van der Waals surface area (Å²) in [5.41, 5.74) is 4.04. The molecule has 5 heteroatoms. The van der Waals surface area contributed by atoms with Gasteiger partial charge < -0.3 is 9.30 Å². The summed E-state index contributed by atoms with van der Waals surface area (Å²) in [6, 6.07) is 21.0. The van der Waals surface area contributed by atoms with Gasteiger partial charge in [-0.25, -0.2) is 0 Å². The molecule has 0 spiro atoms. The molecular formula is C28H28N2O3. The van der Waals surface area contributed by atoms with Crippen LogP contribution in [0.2, 0.25) is 0 Å². The van der Waals surface area contributed by atoms with Gasteiger partial charge in [0, 0.05) is 55.0 Å². The molecule has 3 heterocycles. The van der Waals surface area contributed by atoms with E-state index in [0.717, 1.165) is 55.2 Å². The number of pyridine rings is 1. The van der Waals surface area contributed by atoms with E-state index in [-0.39, 0.29) is 11.3 Å². The minimum atomic E-state index is -0.00858. The summed E-state index contributed by atoms with van der Waals surface area (Å²) < 4.78 is 7.60. The van der Waals surface area contributed by atoms with Gasteiger partial charge in [-0.2, -0.15) is 0 Å². The predicted molar refractivity (Wildman–Crippen MR) is 130 cm³/mol. The molecule has 0 N–H and O–H groups in total. The van der Waals surface area contributed by atoms with Crippen molar-refractivity contribution in [3.63, 3.8) is 0 Å². The molecule has 0 amide bonds. The normalized spacial score (nSPS) is 19.9. The summed E-state index contributed by atoms with van der Waals surface area (Å²) in [5.74, 6) is 1.71. The number of carbonyl (C=O) groups excluding carboxylic acids is 1. The molecule has 2 bridgehead atoms. The highest BCUT2D eigenvalue weighted by Gasteiger charge is 2.34. The number of aromatic nitrogens is 1. The Morgan fingerprint density at radius 1 is 1.03 bits per heavy atom. The number of allylic oxidation sites excluding steroid dienone is 1. The van der Waals surface area contributed by atoms with Crippen LogP contribution in [0.4, 0.5) is 0 Å². The summed E-state index contributed by atoms with van der Waals surface area (Å²) in [4.78, 5) is 27.2. The van der Waals surface area contributed by atoms with Crippen molar-refractivity contribution in [3.8, 4) is 5.75 Å². The van der Waals surface area contributed by atoms with Gasteiger partial charge in [0.05, 0.1) is 7.11 Å². The van der Waals surface area contributed by atoms with Gasteiger partial charge >= 0.3 is 0 Å². The molecule has 33 heavy (non-hydrogen) atoms. The van der Waals surface area contributed by atoms with Crippen LogP contribution >= 0.6 is 0 Å². The van der Waals surface area contributed by atoms with E-state index in [1.54, 1.807) is 19.3 Å². The number of ether oxygens (including phenoxy) is 1. The first-order valence-electron chi connectivity index (χ1n) is 11.5. The molecule has 2 atom stereocenters. The lowest BCUT2D eigenvalue weighted by Crippen LogP contribution is -2.46. The van der Waals surface area contributed by atoms with Gasteiger partial charge in [-0.1, -0.05) is 48.5 Å². The Labute approximate surface area is 193 Å². The number of carbonyl (C=O) groups is 1. The number of piperidine rings is 1. The van der Waals surface area contributed by atoms with E-state index in [4.69, 9.17) is 4.74 Å². The zero-order valence-electron chi connectivity index (χ0n) is 18.8. The van der Waals surface area contributed by atoms with Crippen LogP contribution in [0.1, 0.15) is 39.5 Å². The maximum Gasteiger partial charge on any atom is 0.250 e. The molecule has 0 aliphatic carbocycles. The van der Waals surface area contributed by atoms with E-state index in [2.05, 4.69) is 17.0 Å². The first-order valence-corrected chi connectivity index (χ1v) is 11.5. The van der Waals surface area contributed by atoms with Crippen LogP contribution < -0.4 is 10.3 Å². The van der Waals surface area contributed by atoms with Gasteiger partial charge in [0.25, 0.3) is 5.56 Å². The van der Waals surface area contributed by atoms with Crippen LogP contribution in [0.25, 0.3) is 6.08 Å². The maximum atomic E-state index is 12.4. The van der Waals surface area contributed by atoms with Crippen LogP contribution in [-0.2, 0) is 13.1 Å². The lowest BCUT2D eigenvalue weighted by molar-refractivity contribution is 0.104. The number of hydrogen-bond donors (Lipinski definition) is 0. The van der Waals surface area contributed by atoms with Gasteiger partial charge in [0.2, 0.25) is 0 Å². The molecule has 0 radical (unpaired) electrons. The number of likely N-dealkylation sites (tertiary alicyclic amines) is 1. The summed E-state index contributed by atoms with van der Waals surface area (Å²) >= 11 is 0. The van der Waals surface area contributed by atoms with Gasteiger partial charge in [-0.15, -0.1) is 0 Å². The highest BCUT2D eigenvalue weighted by molar-refractivity contribution is 6.06. The van der Waals surface area contributed by atoms with Crippen LogP contribution in [-0.4, -0.2) is 35.4 Å². The third kappa shape index (κ3) is 4.55. The number of fused-ring (bicyclic) bond motifs is 4. The fraction of sp³-hybridized carbons (Fsp3) is 0.286. The molecule has 168 valence electrons. The Bertz CT molecular complexity index is 1250. The second-order valence-electron chi connectivity index (χ2n) is 9.03. The van der Waals surface area contributed by atoms with Crippen molar-refractivity contribution in [2.24, 2.45) is 5.92 Å². The first kappa shape index (κ1) is 21.4. The van der Waals surface area contributed by atoms with Crippen LogP contribution in [0, 0.1) is 5.92 Å². The van der Waals surface area contributed by atoms with Gasteiger partial charge in [0.15, 0.2) is 5.78 Å². The van der Waals surface area contributed by atoms with Crippen molar-refractivity contribution in [3.05, 3.63) is 106 Å². The van der Waals surface area contributed by atoms with E-state index < -0.39 is 0 Å². The molecule has 2 aliphatic rings. The number of ketones is 1. The first-order chi connectivity index (χ1) is 16.1. The fourth-order valence-electron chi connectivity index (χ4n) is 5.26. The minimum Gasteiger partial charge on any atom is -0.496 e. The van der Waals surface area contributed by atoms with E-state index in [1.165, 1.54) is 0 Å². The molecule has 1 aromatic heterocycles. The van der Waals surface area contributed by atoms with Crippen molar-refractivity contribution in [1.29, 1.82) is 0 Å². The number of nitrogens with zero attached hydrogens (tertiary/aromatic N) is 2. The highest BCUT2D eigenvalue weighted by atomic mass is 16.5. The third-order valence-electron chi connectivity index (χ3n) is 6.74. The number of hydrogen-bond acceptors (Lipinski definition) is 4. The van der Waals surface area contributed by atoms with E-state index in [9.17, 15) is 9.59 Å². The van der Waals surface area contributed by atoms with Crippen LogP contribution in [0.5, 0.6) is 5.75 Å². The van der Waals surface area contributed by atoms with Gasteiger partial charge in [-0.3, -0.25) is 14.5 Å². The number of rotatable bonds is 6. The second kappa shape index (κ2) is 9.20. The molecular weight excluding hydrogens is 412 g/mol. The van der Waals surface area contributed by atoms with E-state index >= 15 is 0 Å². The van der Waals surface area contributed by atoms with E-state index in [1.807, 2.05) is 59.2 Å². The smallest absolute Gasteiger partial charge is 0.250 e. The molecule has 0 saturated carbocycles. The maximum absolute atomic E-state index is 12.4. The Morgan fingerprint density at radius 3 is 2.70 bits per heavy atom. The number of methoxy groups -OCH3 is 1. The monoisotopic (exact) mass is 440 g/mol. The summed E-state index contributed by atoms with van der Waals surface area (Å²) in [6.45, 7) is 3.47. The number of benzene rings is 2. The predicted octanol–water partition coefficient (Wildman–Crippen LogP) is 4.37.